The van der Waals surface area contributed by atoms with E-state index in [2.05, 4.69) is 40.0 Å². The van der Waals surface area contributed by atoms with Crippen LogP contribution in [0.4, 0.5) is 0 Å². The summed E-state index contributed by atoms with van der Waals surface area (Å²) in [6.45, 7) is 7.64. The number of aryl methyl sites for hydroxylation is 1. The highest BCUT2D eigenvalue weighted by atomic mass is 32.2. The van der Waals surface area contributed by atoms with Crippen LogP contribution in [0.15, 0.2) is 59.5 Å². The molecule has 0 spiro atoms. The van der Waals surface area contributed by atoms with Gasteiger partial charge in [-0.05, 0) is 82.0 Å². The molecule has 190 valence electrons. The van der Waals surface area contributed by atoms with Crippen molar-refractivity contribution in [2.75, 3.05) is 32.7 Å². The van der Waals surface area contributed by atoms with Crippen molar-refractivity contribution in [2.24, 2.45) is 11.8 Å². The van der Waals surface area contributed by atoms with Crippen LogP contribution in [0.25, 0.3) is 0 Å². The second kappa shape index (κ2) is 11.7. The van der Waals surface area contributed by atoms with Crippen LogP contribution in [0, 0.1) is 18.8 Å². The zero-order valence-corrected chi connectivity index (χ0v) is 21.8. The molecule has 2 fully saturated rings. The molecule has 2 aromatic rings. The van der Waals surface area contributed by atoms with Crippen LogP contribution in [0.5, 0.6) is 0 Å². The summed E-state index contributed by atoms with van der Waals surface area (Å²) in [5, 5.41) is 0. The van der Waals surface area contributed by atoms with Crippen LogP contribution >= 0.6 is 0 Å². The fourth-order valence-corrected chi connectivity index (χ4v) is 6.49. The van der Waals surface area contributed by atoms with Gasteiger partial charge >= 0.3 is 0 Å². The van der Waals surface area contributed by atoms with Gasteiger partial charge in [-0.2, -0.15) is 0 Å². The zero-order valence-electron chi connectivity index (χ0n) is 21.0. The third-order valence-corrected chi connectivity index (χ3v) is 9.08. The molecule has 0 aliphatic carbocycles. The number of piperidine rings is 2. The number of hydrogen-bond acceptors (Lipinski definition) is 4. The molecule has 2 aliphatic rings. The van der Waals surface area contributed by atoms with Gasteiger partial charge in [0, 0.05) is 26.2 Å². The second-order valence-electron chi connectivity index (χ2n) is 10.3. The van der Waals surface area contributed by atoms with Crippen LogP contribution < -0.4 is 4.72 Å². The zero-order chi connectivity index (χ0) is 24.8. The molecule has 2 aliphatic heterocycles. The molecule has 6 nitrogen and oxygen atoms in total. The maximum absolute atomic E-state index is 13.3. The largest absolute Gasteiger partial charge is 0.341 e. The van der Waals surface area contributed by atoms with Crippen LogP contribution in [0.1, 0.15) is 43.7 Å². The lowest BCUT2D eigenvalue weighted by molar-refractivity contribution is -0.138. The lowest BCUT2D eigenvalue weighted by atomic mass is 9.90. The first-order valence-electron chi connectivity index (χ1n) is 12.9. The first kappa shape index (κ1) is 25.9. The Labute approximate surface area is 210 Å². The average molecular weight is 498 g/mol. The number of carbonyl (C=O) groups is 1. The summed E-state index contributed by atoms with van der Waals surface area (Å²) < 4.78 is 28.1. The van der Waals surface area contributed by atoms with Crippen LogP contribution in [0.3, 0.4) is 0 Å². The highest BCUT2D eigenvalue weighted by molar-refractivity contribution is 7.89. The Morgan fingerprint density at radius 3 is 2.34 bits per heavy atom. The molecular weight excluding hydrogens is 458 g/mol. The molecule has 1 N–H and O–H groups in total. The maximum atomic E-state index is 13.3. The predicted octanol–water partition coefficient (Wildman–Crippen LogP) is 3.86. The molecule has 0 saturated carbocycles. The molecule has 2 saturated heterocycles. The van der Waals surface area contributed by atoms with Crippen molar-refractivity contribution in [2.45, 2.75) is 56.9 Å². The van der Waals surface area contributed by atoms with Gasteiger partial charge in [0.15, 0.2) is 0 Å². The van der Waals surface area contributed by atoms with Gasteiger partial charge in [0.2, 0.25) is 15.9 Å². The number of nitrogens with one attached hydrogen (secondary N) is 1. The van der Waals surface area contributed by atoms with E-state index in [0.29, 0.717) is 17.4 Å². The lowest BCUT2D eigenvalue weighted by Gasteiger charge is -2.40. The number of carbonyl (C=O) groups excluding carboxylic acids is 1. The number of sulfonamides is 1. The molecule has 2 heterocycles. The molecule has 2 unspecified atom stereocenters. The molecule has 0 bridgehead atoms. The van der Waals surface area contributed by atoms with E-state index in [9.17, 15) is 13.2 Å². The topological polar surface area (TPSA) is 69.7 Å². The van der Waals surface area contributed by atoms with Crippen LogP contribution in [-0.4, -0.2) is 62.9 Å². The number of nitrogens with zero attached hydrogens (tertiary/aromatic N) is 2. The summed E-state index contributed by atoms with van der Waals surface area (Å²) >= 11 is 0. The number of amides is 1. The Morgan fingerprint density at radius 1 is 0.971 bits per heavy atom. The molecule has 1 amide bonds. The fraction of sp³-hybridized carbons (Fsp3) is 0.536. The van der Waals surface area contributed by atoms with E-state index >= 15 is 0 Å². The number of likely N-dealkylation sites (tertiary alicyclic amines) is 2. The number of hydrogen-bond donors (Lipinski definition) is 1. The van der Waals surface area contributed by atoms with E-state index < -0.39 is 10.0 Å². The molecular formula is C28H39N3O3S. The van der Waals surface area contributed by atoms with Gasteiger partial charge in [-0.25, -0.2) is 13.1 Å². The first-order valence-corrected chi connectivity index (χ1v) is 14.4. The van der Waals surface area contributed by atoms with Gasteiger partial charge in [-0.15, -0.1) is 0 Å². The van der Waals surface area contributed by atoms with E-state index in [0.717, 1.165) is 63.8 Å². The monoisotopic (exact) mass is 497 g/mol. The third kappa shape index (κ3) is 6.93. The van der Waals surface area contributed by atoms with Crippen molar-refractivity contribution in [1.82, 2.24) is 14.5 Å². The van der Waals surface area contributed by atoms with E-state index in [-0.39, 0.29) is 17.9 Å². The first-order chi connectivity index (χ1) is 16.8. The second-order valence-corrected chi connectivity index (χ2v) is 12.1. The minimum Gasteiger partial charge on any atom is -0.341 e. The quantitative estimate of drug-likeness (QED) is 0.601. The Bertz CT molecular complexity index is 1060. The van der Waals surface area contributed by atoms with Crippen LogP contribution in [-0.2, 0) is 21.2 Å². The summed E-state index contributed by atoms with van der Waals surface area (Å²) in [6, 6.07) is 17.4. The summed E-state index contributed by atoms with van der Waals surface area (Å²) in [5.74, 6) is 1.05. The normalized spacial score (nSPS) is 21.1. The van der Waals surface area contributed by atoms with Crippen molar-refractivity contribution in [3.63, 3.8) is 0 Å². The SMILES string of the molecule is Cc1ccc(S(=O)(=O)NCC2CCCN(C(C)C(=O)N3CCC(Cc4ccccc4)CC3)C2)cc1. The summed E-state index contributed by atoms with van der Waals surface area (Å²) in [6.07, 6.45) is 5.14. The van der Waals surface area contributed by atoms with E-state index in [1.54, 1.807) is 12.1 Å². The minimum absolute atomic E-state index is 0.169. The van der Waals surface area contributed by atoms with Gasteiger partial charge in [0.1, 0.15) is 0 Å². The molecule has 2 aromatic carbocycles. The molecule has 0 radical (unpaired) electrons. The molecule has 0 aromatic heterocycles. The van der Waals surface area contributed by atoms with Gasteiger partial charge in [0.05, 0.1) is 10.9 Å². The Hall–Kier alpha value is -2.22. The predicted molar refractivity (Wildman–Crippen MR) is 140 cm³/mol. The van der Waals surface area contributed by atoms with Gasteiger partial charge in [0.25, 0.3) is 0 Å². The Kier molecular flexibility index (Phi) is 8.63. The number of rotatable bonds is 8. The number of benzene rings is 2. The summed E-state index contributed by atoms with van der Waals surface area (Å²) in [4.78, 5) is 17.9. The van der Waals surface area contributed by atoms with Crippen molar-refractivity contribution in [3.05, 3.63) is 65.7 Å². The molecule has 2 atom stereocenters. The maximum Gasteiger partial charge on any atom is 0.240 e. The van der Waals surface area contributed by atoms with Crippen molar-refractivity contribution >= 4 is 15.9 Å². The highest BCUT2D eigenvalue weighted by Crippen LogP contribution is 2.24. The van der Waals surface area contributed by atoms with E-state index in [1.165, 1.54) is 5.56 Å². The van der Waals surface area contributed by atoms with Gasteiger partial charge < -0.3 is 4.90 Å². The molecule has 35 heavy (non-hydrogen) atoms. The third-order valence-electron chi connectivity index (χ3n) is 7.64. The minimum atomic E-state index is -3.52. The lowest BCUT2D eigenvalue weighted by Crippen LogP contribution is -2.53. The average Bonchev–Trinajstić information content (AvgIpc) is 2.88. The van der Waals surface area contributed by atoms with Crippen molar-refractivity contribution < 1.29 is 13.2 Å². The highest BCUT2D eigenvalue weighted by Gasteiger charge is 2.32. The summed E-state index contributed by atoms with van der Waals surface area (Å²) in [5.41, 5.74) is 2.41. The van der Waals surface area contributed by atoms with Crippen molar-refractivity contribution in [3.8, 4) is 0 Å². The summed E-state index contributed by atoms with van der Waals surface area (Å²) in [7, 11) is -3.52. The smallest absolute Gasteiger partial charge is 0.240 e. The Morgan fingerprint density at radius 2 is 1.66 bits per heavy atom. The van der Waals surface area contributed by atoms with Gasteiger partial charge in [-0.3, -0.25) is 9.69 Å². The van der Waals surface area contributed by atoms with Crippen LogP contribution in [0.2, 0.25) is 0 Å². The standard InChI is InChI=1S/C28H39N3O3S/c1-22-10-12-27(13-11-22)35(33,34)29-20-26-9-6-16-31(21-26)23(2)28(32)30-17-14-25(15-18-30)19-24-7-4-3-5-8-24/h3-5,7-8,10-13,23,25-26,29H,6,9,14-21H2,1-2H3. The Balaban J connectivity index is 1.25. The molecule has 4 rings (SSSR count). The molecule has 7 heteroatoms. The fourth-order valence-electron chi connectivity index (χ4n) is 5.37. The van der Waals surface area contributed by atoms with E-state index in [4.69, 9.17) is 0 Å². The van der Waals surface area contributed by atoms with Crippen molar-refractivity contribution in [1.29, 1.82) is 0 Å². The van der Waals surface area contributed by atoms with Gasteiger partial charge in [-0.1, -0.05) is 48.0 Å². The van der Waals surface area contributed by atoms with E-state index in [1.807, 2.05) is 30.9 Å².